The Labute approximate surface area is 127 Å². The van der Waals surface area contributed by atoms with E-state index < -0.39 is 0 Å². The van der Waals surface area contributed by atoms with Crippen molar-refractivity contribution in [3.8, 4) is 0 Å². The average Bonchev–Trinajstić information content (AvgIpc) is 2.43. The van der Waals surface area contributed by atoms with E-state index in [0.29, 0.717) is 5.56 Å². The molecule has 0 saturated carbocycles. The van der Waals surface area contributed by atoms with Crippen LogP contribution in [0.5, 0.6) is 0 Å². The molecule has 1 amide bonds. The number of aliphatic hydroxyl groups is 1. The standard InChI is InChI=1S/C16H18BrNO2/c1-10(2)15(9-19)18-16(20)13-4-3-12-8-14(17)6-5-11(12)7-13/h3-8,10,15,19H,9H2,1-2H3,(H,18,20). The van der Waals surface area contributed by atoms with E-state index in [1.807, 2.05) is 44.2 Å². The van der Waals surface area contributed by atoms with Crippen LogP contribution >= 0.6 is 15.9 Å². The van der Waals surface area contributed by atoms with Gasteiger partial charge in [-0.1, -0.05) is 41.9 Å². The third-order valence-electron chi connectivity index (χ3n) is 3.38. The molecule has 0 aliphatic carbocycles. The maximum absolute atomic E-state index is 12.2. The summed E-state index contributed by atoms with van der Waals surface area (Å²) in [4.78, 5) is 12.2. The van der Waals surface area contributed by atoms with Gasteiger partial charge >= 0.3 is 0 Å². The van der Waals surface area contributed by atoms with Crippen LogP contribution in [0.1, 0.15) is 24.2 Å². The molecule has 3 nitrogen and oxygen atoms in total. The minimum absolute atomic E-state index is 0.0517. The largest absolute Gasteiger partial charge is 0.394 e. The quantitative estimate of drug-likeness (QED) is 0.900. The van der Waals surface area contributed by atoms with Crippen molar-refractivity contribution in [2.24, 2.45) is 5.92 Å². The first kappa shape index (κ1) is 15.0. The van der Waals surface area contributed by atoms with E-state index in [2.05, 4.69) is 21.2 Å². The van der Waals surface area contributed by atoms with Crippen LogP contribution in [0.3, 0.4) is 0 Å². The lowest BCUT2D eigenvalue weighted by Crippen LogP contribution is -2.41. The van der Waals surface area contributed by atoms with Crippen LogP contribution in [-0.4, -0.2) is 23.7 Å². The highest BCUT2D eigenvalue weighted by Crippen LogP contribution is 2.21. The molecule has 2 rings (SSSR count). The summed E-state index contributed by atoms with van der Waals surface area (Å²) in [6.45, 7) is 3.89. The minimum Gasteiger partial charge on any atom is -0.394 e. The van der Waals surface area contributed by atoms with Gasteiger partial charge in [0.15, 0.2) is 0 Å². The molecule has 1 atom stereocenters. The summed E-state index contributed by atoms with van der Waals surface area (Å²) in [6, 6.07) is 11.3. The minimum atomic E-state index is -0.219. The zero-order chi connectivity index (χ0) is 14.7. The summed E-state index contributed by atoms with van der Waals surface area (Å²) < 4.78 is 1.02. The molecule has 0 aliphatic heterocycles. The first-order valence-electron chi connectivity index (χ1n) is 6.62. The molecule has 0 aromatic heterocycles. The van der Waals surface area contributed by atoms with Crippen molar-refractivity contribution >= 4 is 32.6 Å². The predicted octanol–water partition coefficient (Wildman–Crippen LogP) is 3.35. The third-order valence-corrected chi connectivity index (χ3v) is 3.88. The van der Waals surface area contributed by atoms with Crippen LogP contribution in [0.4, 0.5) is 0 Å². The molecule has 1 unspecified atom stereocenters. The molecular weight excluding hydrogens is 318 g/mol. The van der Waals surface area contributed by atoms with Gasteiger partial charge in [-0.15, -0.1) is 0 Å². The fraction of sp³-hybridized carbons (Fsp3) is 0.312. The number of hydrogen-bond acceptors (Lipinski definition) is 2. The van der Waals surface area contributed by atoms with E-state index in [4.69, 9.17) is 0 Å². The van der Waals surface area contributed by atoms with Gasteiger partial charge in [-0.25, -0.2) is 0 Å². The van der Waals surface area contributed by atoms with Gasteiger partial charge in [-0.2, -0.15) is 0 Å². The Balaban J connectivity index is 2.24. The Bertz CT molecular complexity index is 625. The number of benzene rings is 2. The molecule has 0 fully saturated rings. The number of hydrogen-bond donors (Lipinski definition) is 2. The molecule has 2 aromatic rings. The van der Waals surface area contributed by atoms with Crippen molar-refractivity contribution < 1.29 is 9.90 Å². The van der Waals surface area contributed by atoms with Crippen LogP contribution in [0, 0.1) is 5.92 Å². The van der Waals surface area contributed by atoms with Crippen LogP contribution in [0.25, 0.3) is 10.8 Å². The number of amides is 1. The highest BCUT2D eigenvalue weighted by Gasteiger charge is 2.16. The lowest BCUT2D eigenvalue weighted by molar-refractivity contribution is 0.0897. The molecule has 106 valence electrons. The second-order valence-corrected chi connectivity index (χ2v) is 6.13. The Morgan fingerprint density at radius 1 is 1.20 bits per heavy atom. The van der Waals surface area contributed by atoms with Crippen molar-refractivity contribution in [3.63, 3.8) is 0 Å². The predicted molar refractivity (Wildman–Crippen MR) is 84.8 cm³/mol. The first-order chi connectivity index (χ1) is 9.51. The van der Waals surface area contributed by atoms with Gasteiger partial charge in [-0.3, -0.25) is 4.79 Å². The molecule has 0 spiro atoms. The maximum atomic E-state index is 12.2. The Kier molecular flexibility index (Phi) is 4.78. The number of nitrogens with one attached hydrogen (secondary N) is 1. The smallest absolute Gasteiger partial charge is 0.251 e. The second-order valence-electron chi connectivity index (χ2n) is 5.21. The van der Waals surface area contributed by atoms with Crippen molar-refractivity contribution in [1.82, 2.24) is 5.32 Å². The summed E-state index contributed by atoms with van der Waals surface area (Å²) in [6.07, 6.45) is 0. The number of fused-ring (bicyclic) bond motifs is 1. The van der Waals surface area contributed by atoms with Crippen molar-refractivity contribution in [3.05, 3.63) is 46.4 Å². The Morgan fingerprint density at radius 3 is 2.50 bits per heavy atom. The van der Waals surface area contributed by atoms with Gasteiger partial charge in [0.1, 0.15) is 0 Å². The molecule has 0 aliphatic rings. The van der Waals surface area contributed by atoms with Crippen LogP contribution in [0.15, 0.2) is 40.9 Å². The number of rotatable bonds is 4. The van der Waals surface area contributed by atoms with Crippen molar-refractivity contribution in [1.29, 1.82) is 0 Å². The van der Waals surface area contributed by atoms with Gasteiger partial charge in [0, 0.05) is 10.0 Å². The molecule has 0 heterocycles. The highest BCUT2D eigenvalue weighted by molar-refractivity contribution is 9.10. The number of carbonyl (C=O) groups is 1. The fourth-order valence-electron chi connectivity index (χ4n) is 2.03. The molecule has 2 aromatic carbocycles. The van der Waals surface area contributed by atoms with Gasteiger partial charge in [0.2, 0.25) is 0 Å². The summed E-state index contributed by atoms with van der Waals surface area (Å²) in [5.41, 5.74) is 0.610. The molecule has 20 heavy (non-hydrogen) atoms. The topological polar surface area (TPSA) is 49.3 Å². The van der Waals surface area contributed by atoms with Gasteiger partial charge in [-0.05, 0) is 41.0 Å². The average molecular weight is 336 g/mol. The van der Waals surface area contributed by atoms with E-state index >= 15 is 0 Å². The SMILES string of the molecule is CC(C)C(CO)NC(=O)c1ccc2cc(Br)ccc2c1. The lowest BCUT2D eigenvalue weighted by Gasteiger charge is -2.20. The summed E-state index contributed by atoms with van der Waals surface area (Å²) >= 11 is 3.43. The van der Waals surface area contributed by atoms with E-state index in [1.165, 1.54) is 0 Å². The van der Waals surface area contributed by atoms with E-state index in [-0.39, 0.29) is 24.5 Å². The molecule has 0 bridgehead atoms. The normalized spacial score (nSPS) is 12.7. The van der Waals surface area contributed by atoms with Crippen LogP contribution < -0.4 is 5.32 Å². The van der Waals surface area contributed by atoms with E-state index in [0.717, 1.165) is 15.2 Å². The Hall–Kier alpha value is -1.39. The molecule has 0 radical (unpaired) electrons. The number of carbonyl (C=O) groups excluding carboxylic acids is 1. The van der Waals surface area contributed by atoms with E-state index in [9.17, 15) is 9.90 Å². The maximum Gasteiger partial charge on any atom is 0.251 e. The lowest BCUT2D eigenvalue weighted by atomic mass is 10.0. The summed E-state index contributed by atoms with van der Waals surface area (Å²) in [7, 11) is 0. The molecule has 4 heteroatoms. The monoisotopic (exact) mass is 335 g/mol. The van der Waals surface area contributed by atoms with Crippen molar-refractivity contribution in [2.75, 3.05) is 6.61 Å². The van der Waals surface area contributed by atoms with Gasteiger partial charge in [0.05, 0.1) is 12.6 Å². The Morgan fingerprint density at radius 2 is 1.85 bits per heavy atom. The second kappa shape index (κ2) is 6.37. The number of aliphatic hydroxyl groups excluding tert-OH is 1. The van der Waals surface area contributed by atoms with Gasteiger partial charge < -0.3 is 10.4 Å². The molecule has 2 N–H and O–H groups in total. The zero-order valence-electron chi connectivity index (χ0n) is 11.6. The highest BCUT2D eigenvalue weighted by atomic mass is 79.9. The first-order valence-corrected chi connectivity index (χ1v) is 7.41. The third kappa shape index (κ3) is 3.38. The fourth-order valence-corrected chi connectivity index (χ4v) is 2.41. The van der Waals surface area contributed by atoms with Crippen molar-refractivity contribution in [2.45, 2.75) is 19.9 Å². The summed E-state index contributed by atoms with van der Waals surface area (Å²) in [5, 5.41) is 14.2. The van der Waals surface area contributed by atoms with Crippen LogP contribution in [-0.2, 0) is 0 Å². The molecule has 0 saturated heterocycles. The molecular formula is C16H18BrNO2. The zero-order valence-corrected chi connectivity index (χ0v) is 13.1. The number of halogens is 1. The van der Waals surface area contributed by atoms with E-state index in [1.54, 1.807) is 6.07 Å². The van der Waals surface area contributed by atoms with Gasteiger partial charge in [0.25, 0.3) is 5.91 Å². The van der Waals surface area contributed by atoms with Crippen LogP contribution in [0.2, 0.25) is 0 Å². The summed E-state index contributed by atoms with van der Waals surface area (Å²) in [5.74, 6) is 0.0444.